The van der Waals surface area contributed by atoms with Crippen molar-refractivity contribution >= 4 is 38.5 Å². The predicted octanol–water partition coefficient (Wildman–Crippen LogP) is 3.71. The number of carbonyl (C=O) groups excluding carboxylic acids is 1. The Kier molecular flexibility index (Phi) is 12.9. The molecule has 12 heteroatoms. The first-order valence-corrected chi connectivity index (χ1v) is 15.0. The van der Waals surface area contributed by atoms with Crippen molar-refractivity contribution in [1.82, 2.24) is 14.9 Å². The van der Waals surface area contributed by atoms with Gasteiger partial charge in [0.1, 0.15) is 0 Å². The molecule has 212 valence electrons. The molecule has 3 N–H and O–H groups in total. The Morgan fingerprint density at radius 3 is 2.34 bits per heavy atom. The van der Waals surface area contributed by atoms with Gasteiger partial charge < -0.3 is 15.3 Å². The van der Waals surface area contributed by atoms with Crippen LogP contribution in [-0.2, 0) is 27.8 Å². The molecule has 0 aliphatic heterocycles. The quantitative estimate of drug-likeness (QED) is 0.199. The number of benzene rings is 2. The summed E-state index contributed by atoms with van der Waals surface area (Å²) in [7, 11) is -3.59. The van der Waals surface area contributed by atoms with Crippen LogP contribution in [0.3, 0.4) is 0 Å². The first-order chi connectivity index (χ1) is 17.8. The fourth-order valence-corrected chi connectivity index (χ4v) is 6.07. The summed E-state index contributed by atoms with van der Waals surface area (Å²) in [5.41, 5.74) is 1.60. The normalized spacial score (nSPS) is 13.9. The molecule has 0 heterocycles. The minimum Gasteiger partial charge on any atom is -0.390 e. The molecule has 0 spiro atoms. The zero-order valence-electron chi connectivity index (χ0n) is 21.4. The van der Waals surface area contributed by atoms with Gasteiger partial charge in [0.05, 0.1) is 17.9 Å². The van der Waals surface area contributed by atoms with Gasteiger partial charge in [-0.25, -0.2) is 13.1 Å². The van der Waals surface area contributed by atoms with E-state index in [-0.39, 0.29) is 44.1 Å². The number of hydrogen-bond acceptors (Lipinski definition) is 5. The Bertz CT molecular complexity index is 1120. The molecular formula is C26H35F3IN3O4S. The zero-order chi connectivity index (χ0) is 28.3. The fourth-order valence-electron chi connectivity index (χ4n) is 4.01. The summed E-state index contributed by atoms with van der Waals surface area (Å²) >= 11 is 2.17. The summed E-state index contributed by atoms with van der Waals surface area (Å²) in [6, 6.07) is 15.1. The number of sulfonamides is 1. The van der Waals surface area contributed by atoms with Crippen molar-refractivity contribution in [3.8, 4) is 0 Å². The second kappa shape index (κ2) is 15.2. The van der Waals surface area contributed by atoms with Crippen LogP contribution in [0.15, 0.2) is 54.6 Å². The van der Waals surface area contributed by atoms with Crippen LogP contribution < -0.4 is 10.0 Å². The Morgan fingerprint density at radius 1 is 1.08 bits per heavy atom. The molecule has 2 aromatic carbocycles. The van der Waals surface area contributed by atoms with Crippen molar-refractivity contribution in [2.24, 2.45) is 5.92 Å². The molecule has 0 fully saturated rings. The van der Waals surface area contributed by atoms with Crippen molar-refractivity contribution in [2.75, 3.05) is 25.4 Å². The van der Waals surface area contributed by atoms with Gasteiger partial charge in [-0.3, -0.25) is 4.79 Å². The maximum absolute atomic E-state index is 13.6. The van der Waals surface area contributed by atoms with Crippen molar-refractivity contribution in [3.63, 3.8) is 0 Å². The second-order valence-corrected chi connectivity index (χ2v) is 12.6. The molecule has 0 aromatic heterocycles. The van der Waals surface area contributed by atoms with Gasteiger partial charge in [-0.1, -0.05) is 56.3 Å². The number of carbonyl (C=O) groups is 1. The minimum atomic E-state index is -5.15. The van der Waals surface area contributed by atoms with E-state index in [1.807, 2.05) is 24.3 Å². The van der Waals surface area contributed by atoms with Crippen LogP contribution in [0.25, 0.3) is 0 Å². The topological polar surface area (TPSA) is 98.7 Å². The van der Waals surface area contributed by atoms with Gasteiger partial charge in [-0.2, -0.15) is 13.2 Å². The summed E-state index contributed by atoms with van der Waals surface area (Å²) in [6.45, 7) is 3.31. The maximum atomic E-state index is 13.6. The van der Waals surface area contributed by atoms with E-state index in [1.54, 1.807) is 44.2 Å². The van der Waals surface area contributed by atoms with Crippen LogP contribution in [0.2, 0.25) is 0 Å². The van der Waals surface area contributed by atoms with E-state index in [0.717, 1.165) is 9.13 Å². The average molecular weight is 670 g/mol. The van der Waals surface area contributed by atoms with Gasteiger partial charge in [-0.15, -0.1) is 0 Å². The largest absolute Gasteiger partial charge is 0.471 e. The van der Waals surface area contributed by atoms with Gasteiger partial charge in [0.15, 0.2) is 0 Å². The van der Waals surface area contributed by atoms with Crippen LogP contribution in [0.1, 0.15) is 31.4 Å². The first-order valence-electron chi connectivity index (χ1n) is 12.3. The first kappa shape index (κ1) is 32.5. The van der Waals surface area contributed by atoms with Crippen LogP contribution in [0, 0.1) is 9.49 Å². The van der Waals surface area contributed by atoms with Crippen molar-refractivity contribution in [2.45, 2.75) is 51.6 Å². The Morgan fingerprint density at radius 2 is 1.74 bits per heavy atom. The third-order valence-corrected chi connectivity index (χ3v) is 8.08. The van der Waals surface area contributed by atoms with E-state index in [2.05, 4.69) is 32.6 Å². The number of nitrogens with one attached hydrogen (secondary N) is 2. The molecular weight excluding hydrogens is 634 g/mol. The molecule has 1 amide bonds. The molecule has 0 saturated carbocycles. The summed E-state index contributed by atoms with van der Waals surface area (Å²) in [5.74, 6) is -2.30. The lowest BCUT2D eigenvalue weighted by Gasteiger charge is -2.36. The molecule has 0 radical (unpaired) electrons. The number of alkyl halides is 3. The Hall–Kier alpha value is -1.74. The predicted molar refractivity (Wildman–Crippen MR) is 150 cm³/mol. The van der Waals surface area contributed by atoms with Crippen LogP contribution in [0.5, 0.6) is 0 Å². The molecule has 7 nitrogen and oxygen atoms in total. The van der Waals surface area contributed by atoms with E-state index in [9.17, 15) is 31.5 Å². The summed E-state index contributed by atoms with van der Waals surface area (Å²) in [5, 5.41) is 14.1. The lowest BCUT2D eigenvalue weighted by atomic mass is 9.98. The van der Waals surface area contributed by atoms with Crippen molar-refractivity contribution in [3.05, 3.63) is 69.3 Å². The molecule has 0 aliphatic rings. The molecule has 2 aromatic rings. The van der Waals surface area contributed by atoms with E-state index >= 15 is 0 Å². The van der Waals surface area contributed by atoms with E-state index in [4.69, 9.17) is 0 Å². The highest BCUT2D eigenvalue weighted by Crippen LogP contribution is 2.23. The van der Waals surface area contributed by atoms with Crippen LogP contribution >= 0.6 is 22.6 Å². The standard InChI is InChI=1S/C26H35F3IN3O4S/c1-19(2)18-38(36,37)32-12-7-13-33(25(35)26(27,28)29)23(15-20-8-4-3-5-9-20)24(34)17-31-16-21-10-6-11-22(30)14-21/h3-6,8-11,14,19,23-24,31-32,34H,7,12-13,15-18H2,1-2H3/t23-,24-/m0/s1. The van der Waals surface area contributed by atoms with E-state index < -0.39 is 34.3 Å². The smallest absolute Gasteiger partial charge is 0.390 e. The summed E-state index contributed by atoms with van der Waals surface area (Å²) in [4.78, 5) is 13.1. The Balaban J connectivity index is 2.19. The van der Waals surface area contributed by atoms with Crippen LogP contribution in [0.4, 0.5) is 13.2 Å². The number of rotatable bonds is 15. The Labute approximate surface area is 236 Å². The van der Waals surface area contributed by atoms with Crippen molar-refractivity contribution in [1.29, 1.82) is 0 Å². The highest BCUT2D eigenvalue weighted by Gasteiger charge is 2.45. The molecule has 0 saturated heterocycles. The molecule has 2 atom stereocenters. The molecule has 0 bridgehead atoms. The summed E-state index contributed by atoms with van der Waals surface area (Å²) in [6.07, 6.45) is -6.53. The number of aliphatic hydroxyl groups is 1. The van der Waals surface area contributed by atoms with Crippen molar-refractivity contribution < 1.29 is 31.5 Å². The molecule has 0 unspecified atom stereocenters. The van der Waals surface area contributed by atoms with Gasteiger partial charge in [0.25, 0.3) is 0 Å². The third kappa shape index (κ3) is 11.6. The van der Waals surface area contributed by atoms with Gasteiger partial charge >= 0.3 is 12.1 Å². The summed E-state index contributed by atoms with van der Waals surface area (Å²) < 4.78 is 68.4. The van der Waals surface area contributed by atoms with Gasteiger partial charge in [0.2, 0.25) is 10.0 Å². The highest BCUT2D eigenvalue weighted by atomic mass is 127. The average Bonchev–Trinajstić information content (AvgIpc) is 2.82. The lowest BCUT2D eigenvalue weighted by molar-refractivity contribution is -0.190. The van der Waals surface area contributed by atoms with Gasteiger partial charge in [0, 0.05) is 29.7 Å². The number of nitrogens with zero attached hydrogens (tertiary/aromatic N) is 1. The molecule has 0 aliphatic carbocycles. The number of aliphatic hydroxyl groups excluding tert-OH is 1. The van der Waals surface area contributed by atoms with E-state index in [1.165, 1.54) is 0 Å². The zero-order valence-corrected chi connectivity index (χ0v) is 24.4. The molecule has 2 rings (SSSR count). The van der Waals surface area contributed by atoms with E-state index in [0.29, 0.717) is 17.0 Å². The maximum Gasteiger partial charge on any atom is 0.471 e. The number of halogens is 4. The second-order valence-electron chi connectivity index (χ2n) is 9.50. The SMILES string of the molecule is CC(C)CS(=O)(=O)NCCCN(C(=O)C(F)(F)F)[C@@H](Cc1ccccc1)[C@@H](O)CNCc1cccc(I)c1. The monoisotopic (exact) mass is 669 g/mol. The lowest BCUT2D eigenvalue weighted by Crippen LogP contribution is -2.55. The number of hydrogen-bond donors (Lipinski definition) is 3. The number of amides is 1. The minimum absolute atomic E-state index is 0.00613. The fraction of sp³-hybridized carbons (Fsp3) is 0.500. The van der Waals surface area contributed by atoms with Crippen LogP contribution in [-0.4, -0.2) is 68.0 Å². The molecule has 38 heavy (non-hydrogen) atoms. The highest BCUT2D eigenvalue weighted by molar-refractivity contribution is 14.1. The third-order valence-electron chi connectivity index (χ3n) is 5.66. The van der Waals surface area contributed by atoms with Gasteiger partial charge in [-0.05, 0) is 64.6 Å².